The molecule has 2 N–H and O–H groups in total. The average molecular weight is 427 g/mol. The number of amides is 2. The lowest BCUT2D eigenvalue weighted by Crippen LogP contribution is -2.46. The van der Waals surface area contributed by atoms with Gasteiger partial charge >= 0.3 is 0 Å². The van der Waals surface area contributed by atoms with Crippen LogP contribution < -0.4 is 20.1 Å². The van der Waals surface area contributed by atoms with E-state index in [1.165, 1.54) is 0 Å². The molecule has 1 atom stereocenters. The van der Waals surface area contributed by atoms with Crippen molar-refractivity contribution in [2.24, 2.45) is 5.92 Å². The van der Waals surface area contributed by atoms with Crippen LogP contribution >= 0.6 is 15.9 Å². The van der Waals surface area contributed by atoms with E-state index < -0.39 is 6.04 Å². The van der Waals surface area contributed by atoms with Crippen LogP contribution in [0, 0.1) is 5.92 Å². The first kappa shape index (κ1) is 20.6. The third-order valence-corrected chi connectivity index (χ3v) is 5.46. The summed E-state index contributed by atoms with van der Waals surface area (Å²) in [4.78, 5) is 24.3. The smallest absolute Gasteiger partial charge is 0.242 e. The lowest BCUT2D eigenvalue weighted by Gasteiger charge is -2.17. The number of rotatable bonds is 8. The lowest BCUT2D eigenvalue weighted by molar-refractivity contribution is -0.130. The molecule has 0 heterocycles. The Kier molecular flexibility index (Phi) is 7.75. The van der Waals surface area contributed by atoms with Crippen molar-refractivity contribution in [2.45, 2.75) is 45.1 Å². The van der Waals surface area contributed by atoms with Gasteiger partial charge in [-0.1, -0.05) is 28.8 Å². The number of carbonyl (C=O) groups is 2. The Morgan fingerprint density at radius 1 is 1.19 bits per heavy atom. The molecule has 6 nitrogen and oxygen atoms in total. The van der Waals surface area contributed by atoms with Crippen LogP contribution in [0.5, 0.6) is 11.5 Å². The van der Waals surface area contributed by atoms with E-state index in [4.69, 9.17) is 9.47 Å². The molecule has 2 rings (SSSR count). The zero-order chi connectivity index (χ0) is 19.1. The standard InChI is InChI=1S/C19H27BrN2O4/c1-12(22-19(24)13-6-4-5-7-13)18(23)21-9-8-14-10-16(25-2)17(26-3)11-15(14)20/h10-13H,4-9H2,1-3H3,(H,21,23)(H,22,24)/t12-/m1/s1. The van der Waals surface area contributed by atoms with Gasteiger partial charge < -0.3 is 20.1 Å². The maximum absolute atomic E-state index is 12.2. The molecule has 1 aromatic carbocycles. The maximum Gasteiger partial charge on any atom is 0.242 e. The summed E-state index contributed by atoms with van der Waals surface area (Å²) in [6.07, 6.45) is 4.68. The first-order valence-corrected chi connectivity index (χ1v) is 9.74. The van der Waals surface area contributed by atoms with E-state index in [-0.39, 0.29) is 17.7 Å². The van der Waals surface area contributed by atoms with E-state index in [0.29, 0.717) is 24.5 Å². The molecule has 1 saturated carbocycles. The van der Waals surface area contributed by atoms with Crippen molar-refractivity contribution in [3.8, 4) is 11.5 Å². The van der Waals surface area contributed by atoms with Gasteiger partial charge in [0.1, 0.15) is 6.04 Å². The quantitative estimate of drug-likeness (QED) is 0.669. The van der Waals surface area contributed by atoms with Crippen LogP contribution in [0.3, 0.4) is 0 Å². The number of carbonyl (C=O) groups excluding carboxylic acids is 2. The van der Waals surface area contributed by atoms with Crippen molar-refractivity contribution in [3.05, 3.63) is 22.2 Å². The van der Waals surface area contributed by atoms with Crippen molar-refractivity contribution in [1.29, 1.82) is 0 Å². The van der Waals surface area contributed by atoms with Crippen LogP contribution in [-0.2, 0) is 16.0 Å². The van der Waals surface area contributed by atoms with E-state index >= 15 is 0 Å². The Bertz CT molecular complexity index is 645. The number of hydrogen-bond donors (Lipinski definition) is 2. The minimum absolute atomic E-state index is 0.00668. The number of nitrogens with one attached hydrogen (secondary N) is 2. The largest absolute Gasteiger partial charge is 0.493 e. The molecule has 1 aromatic rings. The molecular weight excluding hydrogens is 400 g/mol. The Morgan fingerprint density at radius 3 is 2.42 bits per heavy atom. The molecule has 0 aromatic heterocycles. The Labute approximate surface area is 163 Å². The predicted molar refractivity (Wildman–Crippen MR) is 104 cm³/mol. The number of methoxy groups -OCH3 is 2. The molecule has 0 saturated heterocycles. The molecule has 1 aliphatic carbocycles. The third-order valence-electron chi connectivity index (χ3n) is 4.72. The molecule has 0 aliphatic heterocycles. The molecule has 7 heteroatoms. The lowest BCUT2D eigenvalue weighted by atomic mass is 10.1. The molecule has 0 bridgehead atoms. The van der Waals surface area contributed by atoms with Crippen molar-refractivity contribution < 1.29 is 19.1 Å². The van der Waals surface area contributed by atoms with Crippen LogP contribution in [0.15, 0.2) is 16.6 Å². The molecule has 1 fully saturated rings. The van der Waals surface area contributed by atoms with E-state index in [1.54, 1.807) is 21.1 Å². The summed E-state index contributed by atoms with van der Waals surface area (Å²) in [5, 5.41) is 5.69. The number of benzene rings is 1. The molecule has 2 amide bonds. The van der Waals surface area contributed by atoms with E-state index in [0.717, 1.165) is 35.7 Å². The molecular formula is C19H27BrN2O4. The summed E-state index contributed by atoms with van der Waals surface area (Å²) < 4.78 is 11.5. The Balaban J connectivity index is 1.83. The van der Waals surface area contributed by atoms with Gasteiger partial charge in [0, 0.05) is 16.9 Å². The first-order chi connectivity index (χ1) is 12.5. The number of halogens is 1. The summed E-state index contributed by atoms with van der Waals surface area (Å²) in [7, 11) is 3.18. The molecule has 1 aliphatic rings. The van der Waals surface area contributed by atoms with Crippen molar-refractivity contribution in [1.82, 2.24) is 10.6 Å². The molecule has 26 heavy (non-hydrogen) atoms. The normalized spacial score (nSPS) is 15.4. The van der Waals surface area contributed by atoms with Gasteiger partial charge in [-0.15, -0.1) is 0 Å². The van der Waals surface area contributed by atoms with Gasteiger partial charge in [-0.25, -0.2) is 0 Å². The minimum Gasteiger partial charge on any atom is -0.493 e. The van der Waals surface area contributed by atoms with Gasteiger partial charge in [0.05, 0.1) is 14.2 Å². The Morgan fingerprint density at radius 2 is 1.81 bits per heavy atom. The molecule has 0 spiro atoms. The van der Waals surface area contributed by atoms with Crippen LogP contribution in [0.1, 0.15) is 38.2 Å². The number of ether oxygens (including phenoxy) is 2. The SMILES string of the molecule is COc1cc(Br)c(CCNC(=O)[C@@H](C)NC(=O)C2CCCC2)cc1OC. The zero-order valence-corrected chi connectivity index (χ0v) is 17.1. The highest BCUT2D eigenvalue weighted by molar-refractivity contribution is 9.10. The highest BCUT2D eigenvalue weighted by Crippen LogP contribution is 2.33. The van der Waals surface area contributed by atoms with Crippen LogP contribution in [0.2, 0.25) is 0 Å². The second-order valence-corrected chi connectivity index (χ2v) is 7.41. The van der Waals surface area contributed by atoms with Gasteiger partial charge in [0.15, 0.2) is 11.5 Å². The first-order valence-electron chi connectivity index (χ1n) is 8.94. The van der Waals surface area contributed by atoms with Crippen LogP contribution in [0.25, 0.3) is 0 Å². The van der Waals surface area contributed by atoms with Gasteiger partial charge in [0.25, 0.3) is 0 Å². The Hall–Kier alpha value is -1.76. The van der Waals surface area contributed by atoms with Crippen LogP contribution in [-0.4, -0.2) is 38.6 Å². The fourth-order valence-electron chi connectivity index (χ4n) is 3.15. The number of hydrogen-bond acceptors (Lipinski definition) is 4. The average Bonchev–Trinajstić information content (AvgIpc) is 3.17. The second kappa shape index (κ2) is 9.80. The van der Waals surface area contributed by atoms with E-state index in [2.05, 4.69) is 26.6 Å². The molecule has 0 unspecified atom stereocenters. The second-order valence-electron chi connectivity index (χ2n) is 6.55. The summed E-state index contributed by atoms with van der Waals surface area (Å²) in [6.45, 7) is 2.19. The summed E-state index contributed by atoms with van der Waals surface area (Å²) in [6, 6.07) is 3.21. The molecule has 0 radical (unpaired) electrons. The highest BCUT2D eigenvalue weighted by Gasteiger charge is 2.25. The van der Waals surface area contributed by atoms with Crippen molar-refractivity contribution in [2.75, 3.05) is 20.8 Å². The van der Waals surface area contributed by atoms with Crippen molar-refractivity contribution >= 4 is 27.7 Å². The van der Waals surface area contributed by atoms with Gasteiger partial charge in [-0.05, 0) is 43.9 Å². The zero-order valence-electron chi connectivity index (χ0n) is 15.6. The minimum atomic E-state index is -0.531. The maximum atomic E-state index is 12.2. The van der Waals surface area contributed by atoms with Gasteiger partial charge in [-0.2, -0.15) is 0 Å². The summed E-state index contributed by atoms with van der Waals surface area (Å²) in [5.41, 5.74) is 1.01. The van der Waals surface area contributed by atoms with Crippen LogP contribution in [0.4, 0.5) is 0 Å². The third kappa shape index (κ3) is 5.37. The topological polar surface area (TPSA) is 76.7 Å². The summed E-state index contributed by atoms with van der Waals surface area (Å²) >= 11 is 3.51. The van der Waals surface area contributed by atoms with E-state index in [1.807, 2.05) is 12.1 Å². The van der Waals surface area contributed by atoms with Crippen molar-refractivity contribution in [3.63, 3.8) is 0 Å². The molecule has 144 valence electrons. The predicted octanol–water partition coefficient (Wildman–Crippen LogP) is 2.82. The highest BCUT2D eigenvalue weighted by atomic mass is 79.9. The fraction of sp³-hybridized carbons (Fsp3) is 0.579. The van der Waals surface area contributed by atoms with Gasteiger partial charge in [-0.3, -0.25) is 9.59 Å². The monoisotopic (exact) mass is 426 g/mol. The van der Waals surface area contributed by atoms with Gasteiger partial charge in [0.2, 0.25) is 11.8 Å². The summed E-state index contributed by atoms with van der Waals surface area (Å²) in [5.74, 6) is 1.18. The fourth-order valence-corrected chi connectivity index (χ4v) is 3.67. The van der Waals surface area contributed by atoms with E-state index in [9.17, 15) is 9.59 Å².